The standard InChI is InChI=1S/C18H29BO6/c1-12(2)11-24-15-9-13(16(20)23-7)8-14(10-15)19(22)25-18(5,6)17(3,4)21/h8-10,12,21-22H,11H2,1-7H3. The van der Waals surface area contributed by atoms with E-state index in [1.165, 1.54) is 13.2 Å². The number of rotatable bonds is 8. The summed E-state index contributed by atoms with van der Waals surface area (Å²) in [6.07, 6.45) is 0. The SMILES string of the molecule is COC(=O)c1cc(OCC(C)C)cc(B(O)OC(C)(C)C(C)(C)O)c1. The van der Waals surface area contributed by atoms with Gasteiger partial charge in [0.2, 0.25) is 0 Å². The minimum absolute atomic E-state index is 0.252. The Labute approximate surface area is 150 Å². The molecule has 0 radical (unpaired) electrons. The molecule has 1 aromatic rings. The Kier molecular flexibility index (Phi) is 7.05. The fourth-order valence-corrected chi connectivity index (χ4v) is 1.84. The van der Waals surface area contributed by atoms with Crippen molar-refractivity contribution >= 4 is 18.6 Å². The van der Waals surface area contributed by atoms with Crippen molar-refractivity contribution in [3.63, 3.8) is 0 Å². The van der Waals surface area contributed by atoms with E-state index in [1.807, 2.05) is 13.8 Å². The fraction of sp³-hybridized carbons (Fsp3) is 0.611. The second-order valence-corrected chi connectivity index (χ2v) is 7.53. The molecule has 0 saturated carbocycles. The number of esters is 1. The van der Waals surface area contributed by atoms with Crippen molar-refractivity contribution in [3.8, 4) is 5.75 Å². The van der Waals surface area contributed by atoms with Crippen molar-refractivity contribution in [1.82, 2.24) is 0 Å². The highest BCUT2D eigenvalue weighted by Crippen LogP contribution is 2.25. The predicted molar refractivity (Wildman–Crippen MR) is 97.2 cm³/mol. The summed E-state index contributed by atoms with van der Waals surface area (Å²) in [6.45, 7) is 11.0. The zero-order valence-corrected chi connectivity index (χ0v) is 16.1. The molecular formula is C18H29BO6. The van der Waals surface area contributed by atoms with Crippen LogP contribution in [0.25, 0.3) is 0 Å². The summed E-state index contributed by atoms with van der Waals surface area (Å²) in [5.41, 5.74) is -1.60. The van der Waals surface area contributed by atoms with E-state index in [-0.39, 0.29) is 5.56 Å². The summed E-state index contributed by atoms with van der Waals surface area (Å²) in [5.74, 6) is 0.209. The number of hydrogen-bond donors (Lipinski definition) is 2. The van der Waals surface area contributed by atoms with Crippen LogP contribution in [-0.2, 0) is 9.39 Å². The van der Waals surface area contributed by atoms with Gasteiger partial charge in [0.1, 0.15) is 5.75 Å². The molecule has 0 amide bonds. The predicted octanol–water partition coefficient (Wildman–Crippen LogP) is 1.76. The van der Waals surface area contributed by atoms with Crippen molar-refractivity contribution in [2.75, 3.05) is 13.7 Å². The maximum Gasteiger partial charge on any atom is 0.491 e. The van der Waals surface area contributed by atoms with Crippen LogP contribution in [0, 0.1) is 5.92 Å². The number of methoxy groups -OCH3 is 1. The zero-order chi connectivity index (χ0) is 19.4. The van der Waals surface area contributed by atoms with E-state index in [2.05, 4.69) is 0 Å². The van der Waals surface area contributed by atoms with Gasteiger partial charge < -0.3 is 24.3 Å². The lowest BCUT2D eigenvalue weighted by Crippen LogP contribution is -2.53. The Hall–Kier alpha value is -1.57. The topological polar surface area (TPSA) is 85.2 Å². The van der Waals surface area contributed by atoms with Gasteiger partial charge in [-0.05, 0) is 57.3 Å². The molecule has 0 aromatic heterocycles. The van der Waals surface area contributed by atoms with Crippen molar-refractivity contribution in [3.05, 3.63) is 23.8 Å². The van der Waals surface area contributed by atoms with Crippen LogP contribution in [0.5, 0.6) is 5.75 Å². The fourth-order valence-electron chi connectivity index (χ4n) is 1.84. The molecule has 0 heterocycles. The lowest BCUT2D eigenvalue weighted by atomic mass is 9.76. The molecule has 6 nitrogen and oxygen atoms in total. The number of ether oxygens (including phenoxy) is 2. The molecule has 1 rings (SSSR count). The molecule has 0 spiro atoms. The van der Waals surface area contributed by atoms with Crippen LogP contribution in [0.15, 0.2) is 18.2 Å². The second-order valence-electron chi connectivity index (χ2n) is 7.53. The highest BCUT2D eigenvalue weighted by molar-refractivity contribution is 6.60. The number of carbonyl (C=O) groups excluding carboxylic acids is 1. The van der Waals surface area contributed by atoms with Crippen molar-refractivity contribution < 1.29 is 29.1 Å². The maximum absolute atomic E-state index is 11.9. The van der Waals surface area contributed by atoms with Gasteiger partial charge in [0.15, 0.2) is 0 Å². The summed E-state index contributed by atoms with van der Waals surface area (Å²) < 4.78 is 16.1. The number of carbonyl (C=O) groups is 1. The van der Waals surface area contributed by atoms with Crippen LogP contribution in [0.3, 0.4) is 0 Å². The third kappa shape index (κ3) is 6.02. The first-order chi connectivity index (χ1) is 11.4. The molecule has 0 aliphatic heterocycles. The van der Waals surface area contributed by atoms with Gasteiger partial charge in [0.25, 0.3) is 0 Å². The molecule has 0 bridgehead atoms. The Morgan fingerprint density at radius 2 is 1.80 bits per heavy atom. The average molecular weight is 352 g/mol. The first-order valence-corrected chi connectivity index (χ1v) is 8.31. The Balaban J connectivity index is 3.15. The van der Waals surface area contributed by atoms with Gasteiger partial charge in [-0.1, -0.05) is 13.8 Å². The molecule has 0 unspecified atom stereocenters. The van der Waals surface area contributed by atoms with E-state index in [0.29, 0.717) is 23.7 Å². The van der Waals surface area contributed by atoms with Gasteiger partial charge in [-0.15, -0.1) is 0 Å². The van der Waals surface area contributed by atoms with E-state index < -0.39 is 24.3 Å². The molecule has 0 atom stereocenters. The molecule has 140 valence electrons. The van der Waals surface area contributed by atoms with Crippen LogP contribution in [0.1, 0.15) is 51.9 Å². The van der Waals surface area contributed by atoms with Crippen molar-refractivity contribution in [2.45, 2.75) is 52.7 Å². The van der Waals surface area contributed by atoms with Gasteiger partial charge in [0, 0.05) is 0 Å². The molecule has 2 N–H and O–H groups in total. The molecular weight excluding hydrogens is 323 g/mol. The van der Waals surface area contributed by atoms with Gasteiger partial charge in [0.05, 0.1) is 30.5 Å². The van der Waals surface area contributed by atoms with Crippen LogP contribution in [0.2, 0.25) is 0 Å². The third-order valence-electron chi connectivity index (χ3n) is 4.10. The van der Waals surface area contributed by atoms with E-state index in [9.17, 15) is 14.9 Å². The molecule has 0 fully saturated rings. The first-order valence-electron chi connectivity index (χ1n) is 8.31. The summed E-state index contributed by atoms with van der Waals surface area (Å²) in [4.78, 5) is 11.9. The number of benzene rings is 1. The average Bonchev–Trinajstić information content (AvgIpc) is 2.50. The van der Waals surface area contributed by atoms with E-state index in [4.69, 9.17) is 14.1 Å². The van der Waals surface area contributed by atoms with Crippen molar-refractivity contribution in [2.24, 2.45) is 5.92 Å². The third-order valence-corrected chi connectivity index (χ3v) is 4.10. The van der Waals surface area contributed by atoms with E-state index in [1.54, 1.807) is 39.8 Å². The molecule has 0 aliphatic rings. The minimum atomic E-state index is -1.34. The molecule has 7 heteroatoms. The van der Waals surface area contributed by atoms with Crippen LogP contribution in [-0.4, -0.2) is 48.1 Å². The normalized spacial score (nSPS) is 12.2. The molecule has 1 aromatic carbocycles. The zero-order valence-electron chi connectivity index (χ0n) is 16.1. The monoisotopic (exact) mass is 352 g/mol. The van der Waals surface area contributed by atoms with Gasteiger partial charge in [-0.2, -0.15) is 0 Å². The summed E-state index contributed by atoms with van der Waals surface area (Å²) in [6, 6.07) is 4.66. The number of aliphatic hydroxyl groups is 1. The second kappa shape index (κ2) is 8.21. The minimum Gasteiger partial charge on any atom is -0.493 e. The highest BCUT2D eigenvalue weighted by Gasteiger charge is 2.39. The van der Waals surface area contributed by atoms with E-state index >= 15 is 0 Å². The summed E-state index contributed by atoms with van der Waals surface area (Å²) >= 11 is 0. The Morgan fingerprint density at radius 1 is 1.20 bits per heavy atom. The van der Waals surface area contributed by atoms with Gasteiger partial charge in [-0.3, -0.25) is 0 Å². The van der Waals surface area contributed by atoms with Crippen LogP contribution >= 0.6 is 0 Å². The lowest BCUT2D eigenvalue weighted by molar-refractivity contribution is -0.0982. The Bertz CT molecular complexity index is 592. The first kappa shape index (κ1) is 21.5. The molecule has 0 saturated heterocycles. The number of hydrogen-bond acceptors (Lipinski definition) is 6. The lowest BCUT2D eigenvalue weighted by Gasteiger charge is -2.38. The molecule has 0 aliphatic carbocycles. The Morgan fingerprint density at radius 3 is 2.28 bits per heavy atom. The van der Waals surface area contributed by atoms with E-state index in [0.717, 1.165) is 0 Å². The summed E-state index contributed by atoms with van der Waals surface area (Å²) in [7, 11) is -0.0547. The summed E-state index contributed by atoms with van der Waals surface area (Å²) in [5, 5.41) is 20.6. The van der Waals surface area contributed by atoms with Crippen molar-refractivity contribution in [1.29, 1.82) is 0 Å². The van der Waals surface area contributed by atoms with Crippen LogP contribution in [0.4, 0.5) is 0 Å². The quantitative estimate of drug-likeness (QED) is 0.548. The largest absolute Gasteiger partial charge is 0.493 e. The van der Waals surface area contributed by atoms with Gasteiger partial charge >= 0.3 is 13.1 Å². The van der Waals surface area contributed by atoms with Crippen LogP contribution < -0.4 is 10.2 Å². The molecule has 25 heavy (non-hydrogen) atoms. The van der Waals surface area contributed by atoms with Gasteiger partial charge in [-0.25, -0.2) is 4.79 Å². The highest BCUT2D eigenvalue weighted by atomic mass is 16.5. The smallest absolute Gasteiger partial charge is 0.491 e. The maximum atomic E-state index is 11.9.